The minimum absolute atomic E-state index is 0.279. The quantitative estimate of drug-likeness (QED) is 0.830. The van der Waals surface area contributed by atoms with Crippen LogP contribution in [0.25, 0.3) is 0 Å². The molecule has 1 amide bonds. The number of nitrogens with zero attached hydrogens (tertiary/aromatic N) is 1. The number of hydrogen-bond donors (Lipinski definition) is 1. The molecule has 1 unspecified atom stereocenters. The van der Waals surface area contributed by atoms with Crippen LogP contribution < -0.4 is 10.1 Å². The number of halogens is 1. The predicted octanol–water partition coefficient (Wildman–Crippen LogP) is 2.28. The van der Waals surface area contributed by atoms with Gasteiger partial charge in [0.25, 0.3) is 5.91 Å². The number of ether oxygens (including phenoxy) is 1. The fraction of sp³-hybridized carbons (Fsp3) is 0.231. The molecule has 0 aliphatic carbocycles. The molecule has 0 radical (unpaired) electrons. The number of benzene rings is 1. The lowest BCUT2D eigenvalue weighted by molar-refractivity contribution is -0.127. The van der Waals surface area contributed by atoms with Crippen LogP contribution in [-0.2, 0) is 4.79 Å². The summed E-state index contributed by atoms with van der Waals surface area (Å²) in [7, 11) is 0. The Balaban J connectivity index is 2.78. The smallest absolute Gasteiger partial charge is 0.261 e. The van der Waals surface area contributed by atoms with Gasteiger partial charge < -0.3 is 10.1 Å². The summed E-state index contributed by atoms with van der Waals surface area (Å²) in [4.78, 5) is 11.6. The number of carbonyl (C=O) groups is 1. The Kier molecular flexibility index (Phi) is 5.22. The number of hydrogen-bond acceptors (Lipinski definition) is 3. The summed E-state index contributed by atoms with van der Waals surface area (Å²) in [6, 6.07) is 6.63. The van der Waals surface area contributed by atoms with Gasteiger partial charge in [0.05, 0.1) is 5.56 Å². The zero-order chi connectivity index (χ0) is 13.5. The molecule has 0 heterocycles. The molecule has 0 saturated carbocycles. The van der Waals surface area contributed by atoms with E-state index in [4.69, 9.17) is 21.6 Å². The normalized spacial score (nSPS) is 11.2. The highest BCUT2D eigenvalue weighted by Crippen LogP contribution is 2.23. The third-order valence-electron chi connectivity index (χ3n) is 2.16. The van der Waals surface area contributed by atoms with Crippen molar-refractivity contribution in [1.82, 2.24) is 5.32 Å². The van der Waals surface area contributed by atoms with Crippen molar-refractivity contribution in [1.29, 1.82) is 5.26 Å². The average molecular weight is 265 g/mol. The van der Waals surface area contributed by atoms with E-state index in [1.165, 1.54) is 6.07 Å². The highest BCUT2D eigenvalue weighted by atomic mass is 35.5. The molecule has 0 bridgehead atoms. The minimum atomic E-state index is -0.712. The van der Waals surface area contributed by atoms with E-state index in [0.717, 1.165) is 0 Å². The number of carbonyl (C=O) groups excluding carboxylic acids is 1. The second kappa shape index (κ2) is 6.67. The van der Waals surface area contributed by atoms with Crippen LogP contribution in [0.1, 0.15) is 12.5 Å². The summed E-state index contributed by atoms with van der Waals surface area (Å²) < 4.78 is 5.42. The van der Waals surface area contributed by atoms with E-state index in [1.54, 1.807) is 25.1 Å². The van der Waals surface area contributed by atoms with Crippen molar-refractivity contribution < 1.29 is 9.53 Å². The molecule has 18 heavy (non-hydrogen) atoms. The molecule has 0 saturated heterocycles. The van der Waals surface area contributed by atoms with E-state index in [2.05, 4.69) is 11.9 Å². The molecule has 0 aliphatic rings. The van der Waals surface area contributed by atoms with Crippen molar-refractivity contribution in [3.05, 3.63) is 41.4 Å². The fourth-order valence-corrected chi connectivity index (χ4v) is 1.41. The average Bonchev–Trinajstić information content (AvgIpc) is 2.36. The first-order valence-corrected chi connectivity index (χ1v) is 5.71. The maximum atomic E-state index is 11.6. The van der Waals surface area contributed by atoms with Crippen LogP contribution in [0.3, 0.4) is 0 Å². The van der Waals surface area contributed by atoms with E-state index >= 15 is 0 Å². The second-order valence-corrected chi connectivity index (χ2v) is 3.98. The Bertz CT molecular complexity index is 494. The number of nitriles is 1. The van der Waals surface area contributed by atoms with Crippen LogP contribution in [0.5, 0.6) is 5.75 Å². The van der Waals surface area contributed by atoms with Gasteiger partial charge >= 0.3 is 0 Å². The van der Waals surface area contributed by atoms with E-state index in [1.807, 2.05) is 6.07 Å². The van der Waals surface area contributed by atoms with Crippen LogP contribution in [0.4, 0.5) is 0 Å². The van der Waals surface area contributed by atoms with Gasteiger partial charge in [-0.3, -0.25) is 4.79 Å². The summed E-state index contributed by atoms with van der Waals surface area (Å²) >= 11 is 5.82. The SMILES string of the molecule is C=CCNC(=O)C(C)Oc1cc(Cl)ccc1C#N. The molecular formula is C13H13ClN2O2. The molecule has 1 N–H and O–H groups in total. The Morgan fingerprint density at radius 2 is 2.44 bits per heavy atom. The first kappa shape index (κ1) is 14.1. The van der Waals surface area contributed by atoms with E-state index in [9.17, 15) is 4.79 Å². The highest BCUT2D eigenvalue weighted by Gasteiger charge is 2.15. The van der Waals surface area contributed by atoms with Gasteiger partial charge in [0, 0.05) is 17.6 Å². The third kappa shape index (κ3) is 3.79. The van der Waals surface area contributed by atoms with Gasteiger partial charge in [-0.15, -0.1) is 6.58 Å². The molecule has 1 aromatic rings. The molecule has 0 fully saturated rings. The molecule has 0 spiro atoms. The fourth-order valence-electron chi connectivity index (χ4n) is 1.25. The predicted molar refractivity (Wildman–Crippen MR) is 69.5 cm³/mol. The lowest BCUT2D eigenvalue weighted by Gasteiger charge is -2.15. The molecule has 5 heteroatoms. The van der Waals surface area contributed by atoms with Crippen molar-refractivity contribution in [3.63, 3.8) is 0 Å². The van der Waals surface area contributed by atoms with Gasteiger partial charge in [-0.25, -0.2) is 0 Å². The van der Waals surface area contributed by atoms with Crippen molar-refractivity contribution in [3.8, 4) is 11.8 Å². The van der Waals surface area contributed by atoms with Crippen molar-refractivity contribution >= 4 is 17.5 Å². The lowest BCUT2D eigenvalue weighted by atomic mass is 10.2. The van der Waals surface area contributed by atoms with Gasteiger partial charge in [0.15, 0.2) is 6.10 Å². The molecule has 0 aliphatic heterocycles. The monoisotopic (exact) mass is 264 g/mol. The van der Waals surface area contributed by atoms with Gasteiger partial charge in [0.1, 0.15) is 11.8 Å². The zero-order valence-corrected chi connectivity index (χ0v) is 10.7. The summed E-state index contributed by atoms with van der Waals surface area (Å²) in [5.74, 6) is 0.0185. The van der Waals surface area contributed by atoms with Crippen molar-refractivity contribution in [2.45, 2.75) is 13.0 Å². The molecule has 1 rings (SSSR count). The summed E-state index contributed by atoms with van der Waals surface area (Å²) in [6.45, 7) is 5.46. The Labute approximate surface area is 111 Å². The standard InChI is InChI=1S/C13H13ClN2O2/c1-3-6-16-13(17)9(2)18-12-7-11(14)5-4-10(12)8-15/h3-5,7,9H,1,6H2,2H3,(H,16,17). The molecular weight excluding hydrogens is 252 g/mol. The van der Waals surface area contributed by atoms with E-state index < -0.39 is 6.10 Å². The van der Waals surface area contributed by atoms with Crippen LogP contribution in [0, 0.1) is 11.3 Å². The maximum Gasteiger partial charge on any atom is 0.261 e. The van der Waals surface area contributed by atoms with Crippen LogP contribution in [-0.4, -0.2) is 18.6 Å². The van der Waals surface area contributed by atoms with Crippen LogP contribution >= 0.6 is 11.6 Å². The summed E-state index contributed by atoms with van der Waals surface area (Å²) in [5.41, 5.74) is 0.336. The topological polar surface area (TPSA) is 62.1 Å². The summed E-state index contributed by atoms with van der Waals surface area (Å²) in [5, 5.41) is 12.0. The molecule has 4 nitrogen and oxygen atoms in total. The number of rotatable bonds is 5. The van der Waals surface area contributed by atoms with Gasteiger partial charge in [0.2, 0.25) is 0 Å². The zero-order valence-electron chi connectivity index (χ0n) is 9.94. The van der Waals surface area contributed by atoms with Crippen molar-refractivity contribution in [2.24, 2.45) is 0 Å². The molecule has 0 aromatic heterocycles. The Morgan fingerprint density at radius 1 is 1.72 bits per heavy atom. The third-order valence-corrected chi connectivity index (χ3v) is 2.39. The number of nitrogens with one attached hydrogen (secondary N) is 1. The van der Waals surface area contributed by atoms with Gasteiger partial charge in [-0.05, 0) is 19.1 Å². The van der Waals surface area contributed by atoms with Crippen LogP contribution in [0.2, 0.25) is 5.02 Å². The largest absolute Gasteiger partial charge is 0.479 e. The minimum Gasteiger partial charge on any atom is -0.479 e. The first-order chi connectivity index (χ1) is 8.58. The second-order valence-electron chi connectivity index (χ2n) is 3.55. The Morgan fingerprint density at radius 3 is 3.06 bits per heavy atom. The maximum absolute atomic E-state index is 11.6. The van der Waals surface area contributed by atoms with E-state index in [0.29, 0.717) is 22.9 Å². The summed E-state index contributed by atoms with van der Waals surface area (Å²) in [6.07, 6.45) is 0.862. The lowest BCUT2D eigenvalue weighted by Crippen LogP contribution is -2.36. The van der Waals surface area contributed by atoms with Crippen molar-refractivity contribution in [2.75, 3.05) is 6.54 Å². The molecule has 1 atom stereocenters. The first-order valence-electron chi connectivity index (χ1n) is 5.33. The Hall–Kier alpha value is -1.99. The molecule has 94 valence electrons. The van der Waals surface area contributed by atoms with Crippen LogP contribution in [0.15, 0.2) is 30.9 Å². The van der Waals surface area contributed by atoms with Gasteiger partial charge in [-0.1, -0.05) is 17.7 Å². The number of amides is 1. The highest BCUT2D eigenvalue weighted by molar-refractivity contribution is 6.30. The van der Waals surface area contributed by atoms with E-state index in [-0.39, 0.29) is 5.91 Å². The molecule has 1 aromatic carbocycles. The van der Waals surface area contributed by atoms with Gasteiger partial charge in [-0.2, -0.15) is 5.26 Å².